The van der Waals surface area contributed by atoms with Gasteiger partial charge in [-0.15, -0.1) is 0 Å². The van der Waals surface area contributed by atoms with Crippen molar-refractivity contribution in [1.29, 1.82) is 0 Å². The molecule has 2 aromatic rings. The second kappa shape index (κ2) is 7.57. The standard InChI is InChI=1S/C18H22FN3O3/c1-12-9-22(10-13(2)25-12)17-4-3-15(7-16(17)19)21-18(23)20-8-14-5-6-24-11-14/h3-7,11-13H,8-10H2,1-2H3,(H2,20,21,23). The minimum atomic E-state index is -0.401. The minimum Gasteiger partial charge on any atom is -0.472 e. The molecular formula is C18H22FN3O3. The smallest absolute Gasteiger partial charge is 0.319 e. The number of carbonyl (C=O) groups is 1. The van der Waals surface area contributed by atoms with Crippen LogP contribution in [0.15, 0.2) is 41.2 Å². The Bertz CT molecular complexity index is 710. The molecule has 1 aliphatic heterocycles. The van der Waals surface area contributed by atoms with Crippen molar-refractivity contribution in [3.63, 3.8) is 0 Å². The number of urea groups is 1. The van der Waals surface area contributed by atoms with Gasteiger partial charge in [0.15, 0.2) is 0 Å². The first-order chi connectivity index (χ1) is 12.0. The number of benzene rings is 1. The van der Waals surface area contributed by atoms with Crippen LogP contribution in [0.25, 0.3) is 0 Å². The van der Waals surface area contributed by atoms with Gasteiger partial charge in [-0.2, -0.15) is 0 Å². The molecule has 2 unspecified atom stereocenters. The van der Waals surface area contributed by atoms with Gasteiger partial charge in [-0.1, -0.05) is 0 Å². The van der Waals surface area contributed by atoms with Gasteiger partial charge in [0.05, 0.1) is 30.4 Å². The Morgan fingerprint density at radius 1 is 1.28 bits per heavy atom. The van der Waals surface area contributed by atoms with Crippen LogP contribution in [0, 0.1) is 5.82 Å². The van der Waals surface area contributed by atoms with Crippen molar-refractivity contribution in [1.82, 2.24) is 5.32 Å². The van der Waals surface area contributed by atoms with Gasteiger partial charge in [0, 0.05) is 30.9 Å². The van der Waals surface area contributed by atoms with E-state index in [9.17, 15) is 9.18 Å². The lowest BCUT2D eigenvalue weighted by molar-refractivity contribution is -0.00539. The first-order valence-corrected chi connectivity index (χ1v) is 8.27. The zero-order valence-corrected chi connectivity index (χ0v) is 14.3. The third kappa shape index (κ3) is 4.51. The quantitative estimate of drug-likeness (QED) is 0.890. The maximum absolute atomic E-state index is 14.5. The molecule has 25 heavy (non-hydrogen) atoms. The molecule has 1 aromatic carbocycles. The molecule has 2 N–H and O–H groups in total. The average Bonchev–Trinajstić information content (AvgIpc) is 3.05. The highest BCUT2D eigenvalue weighted by Gasteiger charge is 2.24. The van der Waals surface area contributed by atoms with Crippen LogP contribution in [-0.4, -0.2) is 31.3 Å². The highest BCUT2D eigenvalue weighted by Crippen LogP contribution is 2.26. The SMILES string of the molecule is CC1CN(c2ccc(NC(=O)NCc3ccoc3)cc2F)CC(C)O1. The van der Waals surface area contributed by atoms with Crippen molar-refractivity contribution in [2.45, 2.75) is 32.6 Å². The van der Waals surface area contributed by atoms with Crippen LogP contribution in [0.5, 0.6) is 0 Å². The Morgan fingerprint density at radius 2 is 2.04 bits per heavy atom. The minimum absolute atomic E-state index is 0.0506. The van der Waals surface area contributed by atoms with E-state index >= 15 is 0 Å². The van der Waals surface area contributed by atoms with E-state index in [2.05, 4.69) is 10.6 Å². The fourth-order valence-corrected chi connectivity index (χ4v) is 2.97. The number of nitrogens with zero attached hydrogens (tertiary/aromatic N) is 1. The maximum atomic E-state index is 14.5. The number of nitrogens with one attached hydrogen (secondary N) is 2. The zero-order valence-electron chi connectivity index (χ0n) is 14.3. The lowest BCUT2D eigenvalue weighted by atomic mass is 10.2. The number of furan rings is 1. The predicted molar refractivity (Wildman–Crippen MR) is 93.2 cm³/mol. The van der Waals surface area contributed by atoms with Gasteiger partial charge in [0.2, 0.25) is 0 Å². The molecule has 3 rings (SSSR count). The van der Waals surface area contributed by atoms with Crippen molar-refractivity contribution in [3.05, 3.63) is 48.2 Å². The van der Waals surface area contributed by atoms with Gasteiger partial charge in [-0.3, -0.25) is 0 Å². The molecule has 0 saturated carbocycles. The lowest BCUT2D eigenvalue weighted by Gasteiger charge is -2.37. The van der Waals surface area contributed by atoms with Crippen LogP contribution in [-0.2, 0) is 11.3 Å². The summed E-state index contributed by atoms with van der Waals surface area (Å²) in [5.41, 5.74) is 1.78. The van der Waals surface area contributed by atoms with Crippen LogP contribution in [0.3, 0.4) is 0 Å². The molecule has 1 saturated heterocycles. The largest absolute Gasteiger partial charge is 0.472 e. The topological polar surface area (TPSA) is 66.7 Å². The Kier molecular flexibility index (Phi) is 5.23. The van der Waals surface area contributed by atoms with Gasteiger partial charge < -0.3 is 24.7 Å². The summed E-state index contributed by atoms with van der Waals surface area (Å²) in [5.74, 6) is -0.367. The summed E-state index contributed by atoms with van der Waals surface area (Å²) in [7, 11) is 0. The molecule has 134 valence electrons. The predicted octanol–water partition coefficient (Wildman–Crippen LogP) is 3.35. The summed E-state index contributed by atoms with van der Waals surface area (Å²) >= 11 is 0. The fourth-order valence-electron chi connectivity index (χ4n) is 2.97. The number of rotatable bonds is 4. The Labute approximate surface area is 145 Å². The average molecular weight is 347 g/mol. The van der Waals surface area contributed by atoms with E-state index in [4.69, 9.17) is 9.15 Å². The van der Waals surface area contributed by atoms with Gasteiger partial charge >= 0.3 is 6.03 Å². The molecule has 0 bridgehead atoms. The summed E-state index contributed by atoms with van der Waals surface area (Å²) in [6, 6.07) is 6.07. The van der Waals surface area contributed by atoms with Crippen LogP contribution in [0.1, 0.15) is 19.4 Å². The van der Waals surface area contributed by atoms with E-state index in [1.54, 1.807) is 24.5 Å². The van der Waals surface area contributed by atoms with Crippen molar-refractivity contribution in [2.75, 3.05) is 23.3 Å². The number of amides is 2. The number of carbonyl (C=O) groups excluding carboxylic acids is 1. The van der Waals surface area contributed by atoms with Crippen molar-refractivity contribution in [3.8, 4) is 0 Å². The van der Waals surface area contributed by atoms with Gasteiger partial charge in [-0.25, -0.2) is 9.18 Å². The lowest BCUT2D eigenvalue weighted by Crippen LogP contribution is -2.45. The second-order valence-electron chi connectivity index (χ2n) is 6.27. The highest BCUT2D eigenvalue weighted by molar-refractivity contribution is 5.89. The van der Waals surface area contributed by atoms with E-state index in [0.717, 1.165) is 5.56 Å². The Balaban J connectivity index is 1.60. The molecule has 7 heteroatoms. The molecule has 0 spiro atoms. The third-order valence-corrected chi connectivity index (χ3v) is 4.00. The zero-order chi connectivity index (χ0) is 17.8. The molecule has 2 amide bonds. The summed E-state index contributed by atoms with van der Waals surface area (Å²) in [6.45, 7) is 5.56. The Morgan fingerprint density at radius 3 is 2.68 bits per heavy atom. The van der Waals surface area contributed by atoms with Gasteiger partial charge in [0.25, 0.3) is 0 Å². The van der Waals surface area contributed by atoms with E-state index in [1.807, 2.05) is 18.7 Å². The van der Waals surface area contributed by atoms with Gasteiger partial charge in [0.1, 0.15) is 5.82 Å². The number of halogens is 1. The van der Waals surface area contributed by atoms with E-state index in [0.29, 0.717) is 31.0 Å². The monoisotopic (exact) mass is 347 g/mol. The summed E-state index contributed by atoms with van der Waals surface area (Å²) in [5, 5.41) is 5.31. The van der Waals surface area contributed by atoms with Crippen molar-refractivity contribution >= 4 is 17.4 Å². The van der Waals surface area contributed by atoms with Gasteiger partial charge in [-0.05, 0) is 38.1 Å². The molecule has 2 atom stereocenters. The molecule has 2 heterocycles. The van der Waals surface area contributed by atoms with Crippen molar-refractivity contribution in [2.24, 2.45) is 0 Å². The summed E-state index contributed by atoms with van der Waals surface area (Å²) in [6.07, 6.45) is 3.19. The van der Waals surface area contributed by atoms with E-state index in [-0.39, 0.29) is 18.0 Å². The maximum Gasteiger partial charge on any atom is 0.319 e. The normalized spacial score (nSPS) is 20.4. The van der Waals surface area contributed by atoms with Crippen LogP contribution in [0.2, 0.25) is 0 Å². The van der Waals surface area contributed by atoms with Crippen LogP contribution >= 0.6 is 0 Å². The summed E-state index contributed by atoms with van der Waals surface area (Å²) in [4.78, 5) is 13.9. The fraction of sp³-hybridized carbons (Fsp3) is 0.389. The second-order valence-corrected chi connectivity index (χ2v) is 6.27. The van der Waals surface area contributed by atoms with E-state index < -0.39 is 6.03 Å². The number of morpholine rings is 1. The molecule has 1 aromatic heterocycles. The molecular weight excluding hydrogens is 325 g/mol. The Hall–Kier alpha value is -2.54. The number of ether oxygens (including phenoxy) is 1. The molecule has 6 nitrogen and oxygen atoms in total. The van der Waals surface area contributed by atoms with Crippen LogP contribution in [0.4, 0.5) is 20.6 Å². The molecule has 0 radical (unpaired) electrons. The highest BCUT2D eigenvalue weighted by atomic mass is 19.1. The van der Waals surface area contributed by atoms with E-state index in [1.165, 1.54) is 12.3 Å². The first-order valence-electron chi connectivity index (χ1n) is 8.27. The molecule has 1 aliphatic rings. The molecule has 1 fully saturated rings. The third-order valence-electron chi connectivity index (χ3n) is 4.00. The molecule has 0 aliphatic carbocycles. The first kappa shape index (κ1) is 17.3. The number of hydrogen-bond donors (Lipinski definition) is 2. The van der Waals surface area contributed by atoms with Crippen molar-refractivity contribution < 1.29 is 18.3 Å². The number of anilines is 2. The number of hydrogen-bond acceptors (Lipinski definition) is 4. The summed E-state index contributed by atoms with van der Waals surface area (Å²) < 4.78 is 25.1. The van der Waals surface area contributed by atoms with Crippen LogP contribution < -0.4 is 15.5 Å².